The van der Waals surface area contributed by atoms with Crippen molar-refractivity contribution in [1.82, 2.24) is 15.2 Å². The van der Waals surface area contributed by atoms with Crippen molar-refractivity contribution in [1.29, 1.82) is 0 Å². The fourth-order valence-electron chi connectivity index (χ4n) is 3.40. The van der Waals surface area contributed by atoms with Crippen LogP contribution in [0.25, 0.3) is 21.7 Å². The Labute approximate surface area is 172 Å². The lowest BCUT2D eigenvalue weighted by molar-refractivity contribution is -0.928. The summed E-state index contributed by atoms with van der Waals surface area (Å²) in [5, 5.41) is 11.2. The number of aromatic nitrogens is 3. The van der Waals surface area contributed by atoms with E-state index in [2.05, 4.69) is 15.2 Å². The summed E-state index contributed by atoms with van der Waals surface area (Å²) in [6.45, 7) is 3.58. The van der Waals surface area contributed by atoms with E-state index in [-0.39, 0.29) is 11.8 Å². The first-order chi connectivity index (χ1) is 14.2. The van der Waals surface area contributed by atoms with Gasteiger partial charge < -0.3 is 19.0 Å². The summed E-state index contributed by atoms with van der Waals surface area (Å²) >= 11 is 1.55. The van der Waals surface area contributed by atoms with Crippen molar-refractivity contribution in [3.63, 3.8) is 0 Å². The number of ketones is 1. The van der Waals surface area contributed by atoms with Gasteiger partial charge in [-0.2, -0.15) is 0 Å². The summed E-state index contributed by atoms with van der Waals surface area (Å²) in [5.41, 5.74) is 1.66. The molecule has 4 aromatic rings. The van der Waals surface area contributed by atoms with E-state index in [1.807, 2.05) is 48.7 Å². The van der Waals surface area contributed by atoms with E-state index < -0.39 is 0 Å². The maximum atomic E-state index is 13.3. The number of H-pyrrole nitrogens is 1. The van der Waals surface area contributed by atoms with E-state index in [0.717, 1.165) is 20.7 Å². The molecule has 0 saturated heterocycles. The first-order valence-electron chi connectivity index (χ1n) is 9.47. The van der Waals surface area contributed by atoms with Crippen LogP contribution in [0.4, 0.5) is 0 Å². The van der Waals surface area contributed by atoms with Crippen molar-refractivity contribution in [2.24, 2.45) is 0 Å². The van der Waals surface area contributed by atoms with Gasteiger partial charge in [-0.15, -0.1) is 21.5 Å². The van der Waals surface area contributed by atoms with Crippen molar-refractivity contribution < 1.29 is 18.8 Å². The normalized spacial score (nSPS) is 13.6. The van der Waals surface area contributed by atoms with Gasteiger partial charge in [-0.25, -0.2) is 0 Å². The number of carbonyl (C=O) groups is 1. The number of carbonyl (C=O) groups excluding carboxylic acids is 1. The number of fused-ring (bicyclic) bond motifs is 1. The summed E-state index contributed by atoms with van der Waals surface area (Å²) in [6.07, 6.45) is 1.79. The average Bonchev–Trinajstić information content (AvgIpc) is 3.50. The minimum absolute atomic E-state index is 0.0755. The molecule has 0 amide bonds. The Morgan fingerprint density at radius 3 is 2.93 bits per heavy atom. The van der Waals surface area contributed by atoms with Crippen LogP contribution in [0.5, 0.6) is 0 Å². The van der Waals surface area contributed by atoms with Crippen molar-refractivity contribution >= 4 is 28.0 Å². The zero-order valence-corrected chi connectivity index (χ0v) is 17.2. The lowest BCUT2D eigenvalue weighted by Gasteiger charge is -2.23. The quantitative estimate of drug-likeness (QED) is 0.414. The molecule has 0 aliphatic carbocycles. The second kappa shape index (κ2) is 8.69. The Balaban J connectivity index is 1.55. The molecule has 0 saturated carbocycles. The molecule has 0 aliphatic rings. The number of quaternary nitrogens is 1. The monoisotopic (exact) mass is 411 g/mol. The van der Waals surface area contributed by atoms with Gasteiger partial charge in [0.1, 0.15) is 12.6 Å². The molecular weight excluding hydrogens is 388 g/mol. The summed E-state index contributed by atoms with van der Waals surface area (Å²) in [4.78, 5) is 18.4. The third-order valence-electron chi connectivity index (χ3n) is 5.06. The van der Waals surface area contributed by atoms with E-state index in [1.165, 1.54) is 0 Å². The number of Topliss-reactive ketones (excluding diaryl/α,β-unsaturated/α-hetero) is 1. The van der Waals surface area contributed by atoms with E-state index in [1.54, 1.807) is 24.6 Å². The number of hydrogen-bond donors (Lipinski definition) is 2. The SMILES string of the molecule is COCC[NH+](Cc1nnc(-c2cccs2)o1)[C@H](C)C(=O)c1c[nH]c2ccccc12. The largest absolute Gasteiger partial charge is 0.414 e. The number of rotatable bonds is 9. The molecule has 4 rings (SSSR count). The van der Waals surface area contributed by atoms with Gasteiger partial charge in [-0.1, -0.05) is 24.3 Å². The Bertz CT molecular complexity index is 1090. The van der Waals surface area contributed by atoms with Crippen molar-refractivity contribution in [2.45, 2.75) is 19.5 Å². The van der Waals surface area contributed by atoms with Gasteiger partial charge in [-0.05, 0) is 24.4 Å². The third-order valence-corrected chi connectivity index (χ3v) is 5.92. The first kappa shape index (κ1) is 19.5. The fraction of sp³-hybridized carbons (Fsp3) is 0.286. The van der Waals surface area contributed by atoms with E-state index in [4.69, 9.17) is 9.15 Å². The molecule has 8 heteroatoms. The minimum Gasteiger partial charge on any atom is -0.414 e. The number of nitrogens with one attached hydrogen (secondary N) is 2. The van der Waals surface area contributed by atoms with Crippen LogP contribution < -0.4 is 4.90 Å². The number of methoxy groups -OCH3 is 1. The molecule has 150 valence electrons. The number of benzene rings is 1. The number of thiophene rings is 1. The predicted molar refractivity (Wildman–Crippen MR) is 111 cm³/mol. The number of ether oxygens (including phenoxy) is 1. The minimum atomic E-state index is -0.290. The second-order valence-electron chi connectivity index (χ2n) is 6.89. The number of hydrogen-bond acceptors (Lipinski definition) is 6. The highest BCUT2D eigenvalue weighted by molar-refractivity contribution is 7.13. The Morgan fingerprint density at radius 2 is 2.14 bits per heavy atom. The molecule has 0 bridgehead atoms. The van der Waals surface area contributed by atoms with Crippen LogP contribution in [0.1, 0.15) is 23.2 Å². The molecule has 2 N–H and O–H groups in total. The third kappa shape index (κ3) is 4.14. The van der Waals surface area contributed by atoms with Crippen molar-refractivity contribution in [3.05, 3.63) is 59.4 Å². The molecule has 0 fully saturated rings. The van der Waals surface area contributed by atoms with Crippen molar-refractivity contribution in [2.75, 3.05) is 20.3 Å². The number of aromatic amines is 1. The molecule has 0 radical (unpaired) electrons. The maximum absolute atomic E-state index is 13.3. The smallest absolute Gasteiger partial charge is 0.271 e. The average molecular weight is 412 g/mol. The molecule has 7 nitrogen and oxygen atoms in total. The summed E-state index contributed by atoms with van der Waals surface area (Å²) in [7, 11) is 1.66. The van der Waals surface area contributed by atoms with Crippen LogP contribution in [0.15, 0.2) is 52.4 Å². The van der Waals surface area contributed by atoms with Gasteiger partial charge in [0.2, 0.25) is 5.78 Å². The topological polar surface area (TPSA) is 85.4 Å². The van der Waals surface area contributed by atoms with Gasteiger partial charge in [0.25, 0.3) is 11.8 Å². The van der Waals surface area contributed by atoms with Gasteiger partial charge in [-0.3, -0.25) is 4.79 Å². The Morgan fingerprint density at radius 1 is 1.28 bits per heavy atom. The van der Waals surface area contributed by atoms with Gasteiger partial charge in [0, 0.05) is 29.8 Å². The van der Waals surface area contributed by atoms with Crippen molar-refractivity contribution in [3.8, 4) is 10.8 Å². The zero-order valence-electron chi connectivity index (χ0n) is 16.3. The van der Waals surface area contributed by atoms with E-state index in [9.17, 15) is 4.79 Å². The van der Waals surface area contributed by atoms with Gasteiger partial charge >= 0.3 is 0 Å². The zero-order chi connectivity index (χ0) is 20.2. The number of para-hydroxylation sites is 1. The molecule has 2 atom stereocenters. The Hall–Kier alpha value is -2.81. The van der Waals surface area contributed by atoms with E-state index in [0.29, 0.717) is 37.0 Å². The lowest BCUT2D eigenvalue weighted by Crippen LogP contribution is -3.15. The molecule has 0 spiro atoms. The molecule has 3 heterocycles. The molecular formula is C21H23N4O3S+. The summed E-state index contributed by atoms with van der Waals surface area (Å²) in [5.74, 6) is 1.10. The lowest BCUT2D eigenvalue weighted by atomic mass is 10.0. The second-order valence-corrected chi connectivity index (χ2v) is 7.84. The highest BCUT2D eigenvalue weighted by atomic mass is 32.1. The molecule has 3 aromatic heterocycles. The van der Waals surface area contributed by atoms with Crippen LogP contribution in [0.2, 0.25) is 0 Å². The fourth-order valence-corrected chi connectivity index (χ4v) is 4.05. The highest BCUT2D eigenvalue weighted by Gasteiger charge is 2.29. The maximum Gasteiger partial charge on any atom is 0.271 e. The number of nitrogens with zero attached hydrogens (tertiary/aromatic N) is 2. The van der Waals surface area contributed by atoms with Crippen LogP contribution in [-0.2, 0) is 11.3 Å². The molecule has 1 unspecified atom stereocenters. The standard InChI is InChI=1S/C21H22N4O3S/c1-14(20(26)16-12-22-17-7-4-3-6-15(16)17)25(9-10-27-2)13-19-23-24-21(28-19)18-8-5-11-29-18/h3-8,11-12,14,22H,9-10,13H2,1-2H3/p+1/t14-/m1/s1. The Kier molecular flexibility index (Phi) is 5.84. The van der Waals surface area contributed by atoms with Crippen LogP contribution in [0.3, 0.4) is 0 Å². The first-order valence-corrected chi connectivity index (χ1v) is 10.4. The summed E-state index contributed by atoms with van der Waals surface area (Å²) in [6, 6.07) is 11.4. The predicted octanol–water partition coefficient (Wildman–Crippen LogP) is 2.58. The van der Waals surface area contributed by atoms with Crippen LogP contribution >= 0.6 is 11.3 Å². The summed E-state index contributed by atoms with van der Waals surface area (Å²) < 4.78 is 11.1. The van der Waals surface area contributed by atoms with Crippen LogP contribution in [-0.4, -0.2) is 47.3 Å². The van der Waals surface area contributed by atoms with E-state index >= 15 is 0 Å². The van der Waals surface area contributed by atoms with Gasteiger partial charge in [0.05, 0.1) is 11.5 Å². The molecule has 29 heavy (non-hydrogen) atoms. The van der Waals surface area contributed by atoms with Gasteiger partial charge in [0.15, 0.2) is 6.54 Å². The van der Waals surface area contributed by atoms with Crippen LogP contribution in [0, 0.1) is 0 Å². The molecule has 1 aromatic carbocycles. The highest BCUT2D eigenvalue weighted by Crippen LogP contribution is 2.23. The molecule has 0 aliphatic heterocycles.